The van der Waals surface area contributed by atoms with Crippen LogP contribution in [0.4, 0.5) is 39.5 Å². The molecule has 0 unspecified atom stereocenters. The molecule has 23 heteroatoms. The number of halogens is 9. The van der Waals surface area contributed by atoms with Gasteiger partial charge >= 0.3 is 68.9 Å². The summed E-state index contributed by atoms with van der Waals surface area (Å²) >= 11 is 0. The molecular weight excluding hydrogens is 865 g/mol. The van der Waals surface area contributed by atoms with Crippen LogP contribution < -0.4 is 0 Å². The van der Waals surface area contributed by atoms with E-state index in [0.717, 1.165) is 0 Å². The Morgan fingerprint density at radius 2 is 0.500 bits per heavy atom. The maximum Gasteiger partial charge on any atom is 3.00 e. The monoisotopic (exact) mass is 868 g/mol. The Bertz CT molecular complexity index is 614. The molecule has 0 aliphatic heterocycles. The van der Waals surface area contributed by atoms with Crippen molar-refractivity contribution in [3.8, 4) is 0 Å². The molecule has 0 fully saturated rings. The van der Waals surface area contributed by atoms with Crippen molar-refractivity contribution in [3.63, 3.8) is 0 Å². The van der Waals surface area contributed by atoms with E-state index in [1.54, 1.807) is 0 Å². The van der Waals surface area contributed by atoms with Crippen LogP contribution in [0.1, 0.15) is 4.28 Å². The zero-order valence-corrected chi connectivity index (χ0v) is 20.1. The summed E-state index contributed by atoms with van der Waals surface area (Å²) in [5.41, 5.74) is -16.9. The first-order valence-electron chi connectivity index (χ1n) is 3.81. The molecule has 0 rings (SSSR count). The summed E-state index contributed by atoms with van der Waals surface area (Å²) in [6.07, 6.45) is 0. The maximum atomic E-state index is 10.7. The van der Waals surface area contributed by atoms with Crippen molar-refractivity contribution in [2.45, 2.75) is 16.5 Å². The van der Waals surface area contributed by atoms with E-state index < -0.39 is 46.9 Å². The molecule has 4 radical (unpaired) electrons. The molecule has 0 aromatic carbocycles. The molecule has 0 saturated carbocycles. The fourth-order valence-electron chi connectivity index (χ4n) is 0. The number of hydrogen-bond donors (Lipinski definition) is 0. The molecule has 9 nitrogen and oxygen atoms in total. The van der Waals surface area contributed by atoms with Crippen LogP contribution in [0.25, 0.3) is 0 Å². The van der Waals surface area contributed by atoms with Crippen molar-refractivity contribution in [1.29, 1.82) is 0 Å². The number of alkyl halides is 9. The fraction of sp³-hybridized carbons (Fsp3) is 1.00. The van der Waals surface area contributed by atoms with Crippen molar-refractivity contribution in [2.24, 2.45) is 0 Å². The normalized spacial score (nSPS) is 12.9. The Labute approximate surface area is 181 Å². The topological polar surface area (TPSA) is 172 Å². The molecule has 0 N–H and O–H groups in total. The van der Waals surface area contributed by atoms with Crippen LogP contribution in [0.2, 0.25) is 0 Å². The van der Waals surface area contributed by atoms with Crippen molar-refractivity contribution >= 4 is 82.8 Å². The van der Waals surface area contributed by atoms with Crippen LogP contribution >= 0.6 is 0 Å². The Morgan fingerprint density at radius 3 is 0.500 bits per heavy atom. The van der Waals surface area contributed by atoms with Crippen molar-refractivity contribution in [2.75, 3.05) is 0 Å². The van der Waals surface area contributed by atoms with Crippen LogP contribution in [0.5, 0.6) is 0 Å². The second-order valence-electron chi connectivity index (χ2n) is 2.70. The largest absolute Gasteiger partial charge is 3.00 e. The van der Waals surface area contributed by atoms with Crippen LogP contribution in [-0.2, 0) is 30.4 Å². The van der Waals surface area contributed by atoms with Gasteiger partial charge in [0.05, 0.1) is 0 Å². The summed E-state index contributed by atoms with van der Waals surface area (Å²) in [6, 6.07) is 0. The van der Waals surface area contributed by atoms with E-state index in [-0.39, 0.29) is 56.7 Å². The van der Waals surface area contributed by atoms with Gasteiger partial charge < -0.3 is 17.9 Å². The van der Waals surface area contributed by atoms with Crippen LogP contribution in [0.15, 0.2) is 0 Å². The first-order chi connectivity index (χ1) is 9.75. The van der Waals surface area contributed by atoms with Gasteiger partial charge in [0.25, 0.3) is 0 Å². The van der Waals surface area contributed by atoms with Gasteiger partial charge in [-0.3, -0.25) is 0 Å². The first-order valence-corrected chi connectivity index (χ1v) is 8.04. The smallest absolute Gasteiger partial charge is 1.00 e. The molecule has 0 saturated heterocycles. The quantitative estimate of drug-likeness (QED) is 0.138. The van der Waals surface area contributed by atoms with Gasteiger partial charge in [-0.05, 0) is 0 Å². The number of rotatable bonds is 0. The zero-order valence-electron chi connectivity index (χ0n) is 13.7. The van der Waals surface area contributed by atoms with Gasteiger partial charge in [0.15, 0.2) is 30.4 Å². The average molecular weight is 868 g/mol. The molecule has 0 heterocycles. The van der Waals surface area contributed by atoms with E-state index in [1.807, 2.05) is 0 Å². The summed E-state index contributed by atoms with van der Waals surface area (Å²) in [6.45, 7) is 0. The van der Waals surface area contributed by atoms with E-state index >= 15 is 0 Å². The van der Waals surface area contributed by atoms with Crippen molar-refractivity contribution in [1.82, 2.24) is 0 Å². The van der Waals surface area contributed by atoms with E-state index in [1.165, 1.54) is 0 Å². The van der Waals surface area contributed by atoms with E-state index in [2.05, 4.69) is 0 Å². The molecule has 0 bridgehead atoms. The third kappa shape index (κ3) is 18.2. The SMILES string of the molecule is O=S(=O)([O-])C(F)(F)F.O=S(=O)([O-])C(F)(F)F.O=S(=O)([O-])C(F)(F)F.[Bi+3].[Bi+3].[H-].[H-].[H-]. The van der Waals surface area contributed by atoms with Gasteiger partial charge in [0.2, 0.25) is 0 Å². The predicted octanol–water partition coefficient (Wildman–Crippen LogP) is -0.270. The zero-order chi connectivity index (χ0) is 21.0. The second kappa shape index (κ2) is 11.8. The van der Waals surface area contributed by atoms with Gasteiger partial charge in [-0.15, -0.1) is 0 Å². The van der Waals surface area contributed by atoms with Crippen LogP contribution in [0, 0.1) is 0 Å². The molecule has 160 valence electrons. The van der Waals surface area contributed by atoms with E-state index in [0.29, 0.717) is 0 Å². The van der Waals surface area contributed by atoms with Gasteiger partial charge in [-0.2, -0.15) is 39.5 Å². The average Bonchev–Trinajstić information content (AvgIpc) is 2.08. The molecule has 0 amide bonds. The maximum absolute atomic E-state index is 10.7. The minimum atomic E-state index is -6.09. The molecule has 0 aliphatic rings. The minimum Gasteiger partial charge on any atom is -1.00 e. The standard InChI is InChI=1S/3CHF3O3S.2Bi.3H/c3*2-1(3,4)8(5,6)7;;;;;/h3*(H,5,6,7);;;;;/q;;;2*+3;3*-1/p-3. The molecule has 0 aromatic rings. The molecule has 0 atom stereocenters. The third-order valence-corrected chi connectivity index (χ3v) is 2.55. The molecule has 0 aliphatic carbocycles. The molecule has 26 heavy (non-hydrogen) atoms. The van der Waals surface area contributed by atoms with Crippen LogP contribution in [-0.4, -0.2) is 108 Å². The summed E-state index contributed by atoms with van der Waals surface area (Å²) in [4.78, 5) is 0. The minimum absolute atomic E-state index is 0. The van der Waals surface area contributed by atoms with Crippen molar-refractivity contribution in [3.05, 3.63) is 0 Å². The molecule has 0 aromatic heterocycles. The molecular formula is C3H3Bi2F9O9S3. The molecule has 0 spiro atoms. The Hall–Kier alpha value is 0.866. The number of hydrogen-bond acceptors (Lipinski definition) is 9. The second-order valence-corrected chi connectivity index (χ2v) is 6.81. The Kier molecular flexibility index (Phi) is 17.0. The Morgan fingerprint density at radius 1 is 0.462 bits per heavy atom. The first kappa shape index (κ1) is 37.6. The van der Waals surface area contributed by atoms with E-state index in [9.17, 15) is 39.5 Å². The van der Waals surface area contributed by atoms with E-state index in [4.69, 9.17) is 38.9 Å². The van der Waals surface area contributed by atoms with Crippen molar-refractivity contribution < 1.29 is 82.7 Å². The van der Waals surface area contributed by atoms with Gasteiger partial charge in [0, 0.05) is 0 Å². The predicted molar refractivity (Wildman–Crippen MR) is 62.1 cm³/mol. The van der Waals surface area contributed by atoms with Gasteiger partial charge in [-0.1, -0.05) is 0 Å². The summed E-state index contributed by atoms with van der Waals surface area (Å²) in [7, 11) is -18.3. The summed E-state index contributed by atoms with van der Waals surface area (Å²) in [5.74, 6) is 0. The Balaban J connectivity index is -0.0000000350. The fourth-order valence-corrected chi connectivity index (χ4v) is 0. The summed E-state index contributed by atoms with van der Waals surface area (Å²) < 4.78 is 177. The van der Waals surface area contributed by atoms with Gasteiger partial charge in [0.1, 0.15) is 0 Å². The third-order valence-electron chi connectivity index (χ3n) is 0.850. The van der Waals surface area contributed by atoms with Gasteiger partial charge in [-0.25, -0.2) is 25.3 Å². The van der Waals surface area contributed by atoms with Crippen LogP contribution in [0.3, 0.4) is 0 Å². The summed E-state index contributed by atoms with van der Waals surface area (Å²) in [5, 5.41) is 0.